The summed E-state index contributed by atoms with van der Waals surface area (Å²) in [5, 5.41) is 3.27. The highest BCUT2D eigenvalue weighted by Crippen LogP contribution is 2.32. The number of anilines is 1. The molecule has 0 saturated heterocycles. The number of aromatic nitrogens is 1. The first-order valence-corrected chi connectivity index (χ1v) is 8.36. The minimum Gasteiger partial charge on any atom is -0.466 e. The Morgan fingerprint density at radius 2 is 1.95 bits per heavy atom. The van der Waals surface area contributed by atoms with Crippen molar-refractivity contribution in [1.29, 1.82) is 0 Å². The van der Waals surface area contributed by atoms with E-state index in [9.17, 15) is 9.59 Å². The Hall–Kier alpha value is -1.80. The van der Waals surface area contributed by atoms with Crippen molar-refractivity contribution in [3.8, 4) is 0 Å². The van der Waals surface area contributed by atoms with Gasteiger partial charge in [-0.25, -0.2) is 4.98 Å². The second-order valence-electron chi connectivity index (χ2n) is 4.82. The Morgan fingerprint density at radius 3 is 2.50 bits per heavy atom. The molecule has 22 heavy (non-hydrogen) atoms. The quantitative estimate of drug-likeness (QED) is 0.816. The molecule has 0 aliphatic carbocycles. The van der Waals surface area contributed by atoms with Crippen LogP contribution in [0.2, 0.25) is 0 Å². The van der Waals surface area contributed by atoms with Crippen molar-refractivity contribution >= 4 is 40.0 Å². The van der Waals surface area contributed by atoms with Gasteiger partial charge < -0.3 is 10.2 Å². The largest absolute Gasteiger partial charge is 0.466 e. The third-order valence-corrected chi connectivity index (χ3v) is 5.57. The molecule has 8 heteroatoms. The number of thiazole rings is 1. The maximum atomic E-state index is 12.4. The number of hydrogen-bond donors (Lipinski definition) is 2. The number of nitrogens with zero attached hydrogens (tertiary/aromatic N) is 1. The number of nitrogens with one attached hydrogen (secondary N) is 1. The first-order chi connectivity index (χ1) is 10.3. The Morgan fingerprint density at radius 1 is 1.27 bits per heavy atom. The predicted molar refractivity (Wildman–Crippen MR) is 87.6 cm³/mol. The molecular formula is C14H17N3O3S2. The summed E-state index contributed by atoms with van der Waals surface area (Å²) in [6, 6.07) is 0. The van der Waals surface area contributed by atoms with Crippen LogP contribution in [0, 0.1) is 27.7 Å². The molecule has 0 aromatic carbocycles. The van der Waals surface area contributed by atoms with Gasteiger partial charge in [-0.05, 0) is 27.7 Å². The van der Waals surface area contributed by atoms with Gasteiger partial charge in [-0.3, -0.25) is 14.9 Å². The maximum Gasteiger partial charge on any atom is 0.261 e. The van der Waals surface area contributed by atoms with Crippen molar-refractivity contribution in [3.63, 3.8) is 0 Å². The molecule has 0 fully saturated rings. The minimum absolute atomic E-state index is 0.190. The van der Waals surface area contributed by atoms with Crippen LogP contribution in [0.1, 0.15) is 33.1 Å². The molecule has 0 aliphatic heterocycles. The third-order valence-electron chi connectivity index (χ3n) is 3.11. The van der Waals surface area contributed by atoms with E-state index in [2.05, 4.69) is 10.3 Å². The second kappa shape index (κ2) is 6.53. The number of carbonyl (C=O) groups is 2. The van der Waals surface area contributed by atoms with Gasteiger partial charge in [0.25, 0.3) is 5.91 Å². The summed E-state index contributed by atoms with van der Waals surface area (Å²) in [4.78, 5) is 27.5. The number of carbonyl (C=O) groups excluding carboxylic acids is 2. The van der Waals surface area contributed by atoms with Crippen molar-refractivity contribution in [3.05, 3.63) is 28.3 Å². The van der Waals surface area contributed by atoms with Crippen LogP contribution in [0.25, 0.3) is 0 Å². The Balaban J connectivity index is 2.15. The molecule has 0 unspecified atom stereocenters. The van der Waals surface area contributed by atoms with E-state index < -0.39 is 0 Å². The molecule has 0 spiro atoms. The fourth-order valence-electron chi connectivity index (χ4n) is 1.99. The number of amides is 2. The Labute approximate surface area is 136 Å². The molecule has 0 radical (unpaired) electrons. The lowest BCUT2D eigenvalue weighted by atomic mass is 10.1. The van der Waals surface area contributed by atoms with Crippen molar-refractivity contribution in [2.45, 2.75) is 31.9 Å². The summed E-state index contributed by atoms with van der Waals surface area (Å²) < 4.78 is 6.33. The van der Waals surface area contributed by atoms with Gasteiger partial charge in [0.05, 0.1) is 21.2 Å². The standard InChI is InChI=1S/C14H17N3O3S2/c1-6-8(3)20-9(4)11(6)12(19)17-14-16-7(2)13(22-14)21-5-10(15)18/h5H2,1-4H3,(H2,15,18)(H,16,17,19). The van der Waals surface area contributed by atoms with Crippen LogP contribution in [0.4, 0.5) is 5.13 Å². The first-order valence-electron chi connectivity index (χ1n) is 6.56. The lowest BCUT2D eigenvalue weighted by Crippen LogP contribution is -2.13. The van der Waals surface area contributed by atoms with Crippen molar-refractivity contribution < 1.29 is 14.0 Å². The number of nitrogens with two attached hydrogens (primary N) is 1. The summed E-state index contributed by atoms with van der Waals surface area (Å²) in [6.45, 7) is 7.26. The Kier molecular flexibility index (Phi) is 4.92. The van der Waals surface area contributed by atoms with Gasteiger partial charge in [-0.15, -0.1) is 11.8 Å². The van der Waals surface area contributed by atoms with E-state index in [1.165, 1.54) is 23.1 Å². The topological polar surface area (TPSA) is 98.2 Å². The van der Waals surface area contributed by atoms with Gasteiger partial charge in [0.2, 0.25) is 5.91 Å². The highest BCUT2D eigenvalue weighted by molar-refractivity contribution is 8.01. The minimum atomic E-state index is -0.386. The maximum absolute atomic E-state index is 12.4. The number of furan rings is 1. The van der Waals surface area contributed by atoms with E-state index in [0.29, 0.717) is 16.5 Å². The average molecular weight is 339 g/mol. The van der Waals surface area contributed by atoms with E-state index in [0.717, 1.165) is 21.2 Å². The fraction of sp³-hybridized carbons (Fsp3) is 0.357. The van der Waals surface area contributed by atoms with E-state index >= 15 is 0 Å². The van der Waals surface area contributed by atoms with Crippen LogP contribution in [-0.2, 0) is 4.79 Å². The molecule has 3 N–H and O–H groups in total. The van der Waals surface area contributed by atoms with E-state index in [4.69, 9.17) is 10.2 Å². The highest BCUT2D eigenvalue weighted by Gasteiger charge is 2.20. The molecule has 0 aliphatic rings. The molecule has 2 aromatic heterocycles. The number of thioether (sulfide) groups is 1. The van der Waals surface area contributed by atoms with Gasteiger partial charge in [0.15, 0.2) is 5.13 Å². The van der Waals surface area contributed by atoms with Gasteiger partial charge in [0.1, 0.15) is 11.5 Å². The van der Waals surface area contributed by atoms with Gasteiger partial charge in [-0.1, -0.05) is 11.3 Å². The van der Waals surface area contributed by atoms with Gasteiger partial charge in [0, 0.05) is 5.56 Å². The molecule has 0 saturated carbocycles. The zero-order chi connectivity index (χ0) is 16.4. The number of hydrogen-bond acceptors (Lipinski definition) is 6. The van der Waals surface area contributed by atoms with Crippen molar-refractivity contribution in [2.75, 3.05) is 11.1 Å². The highest BCUT2D eigenvalue weighted by atomic mass is 32.2. The smallest absolute Gasteiger partial charge is 0.261 e. The second-order valence-corrected chi connectivity index (χ2v) is 7.06. The lowest BCUT2D eigenvalue weighted by Gasteiger charge is -2.01. The number of aryl methyl sites for hydroxylation is 3. The summed E-state index contributed by atoms with van der Waals surface area (Å²) in [5.74, 6) is 0.880. The van der Waals surface area contributed by atoms with Crippen LogP contribution in [0.3, 0.4) is 0 Å². The Bertz CT molecular complexity index is 734. The molecule has 118 valence electrons. The summed E-state index contributed by atoms with van der Waals surface area (Å²) in [5.41, 5.74) is 7.26. The van der Waals surface area contributed by atoms with Crippen LogP contribution < -0.4 is 11.1 Å². The first kappa shape index (κ1) is 16.6. The monoisotopic (exact) mass is 339 g/mol. The average Bonchev–Trinajstić information content (AvgIpc) is 2.87. The molecule has 0 bridgehead atoms. The predicted octanol–water partition coefficient (Wildman–Crippen LogP) is 2.80. The zero-order valence-corrected chi connectivity index (χ0v) is 14.4. The van der Waals surface area contributed by atoms with E-state index in [1.54, 1.807) is 6.92 Å². The van der Waals surface area contributed by atoms with Crippen LogP contribution in [0.5, 0.6) is 0 Å². The fourth-order valence-corrected chi connectivity index (χ4v) is 3.87. The van der Waals surface area contributed by atoms with Crippen LogP contribution >= 0.6 is 23.1 Å². The van der Waals surface area contributed by atoms with Gasteiger partial charge in [-0.2, -0.15) is 0 Å². The molecule has 2 aromatic rings. The van der Waals surface area contributed by atoms with Gasteiger partial charge >= 0.3 is 0 Å². The third kappa shape index (κ3) is 3.50. The molecule has 2 heterocycles. The van der Waals surface area contributed by atoms with Crippen molar-refractivity contribution in [2.24, 2.45) is 5.73 Å². The zero-order valence-electron chi connectivity index (χ0n) is 12.8. The summed E-state index contributed by atoms with van der Waals surface area (Å²) >= 11 is 2.65. The molecule has 0 atom stereocenters. The lowest BCUT2D eigenvalue weighted by molar-refractivity contribution is -0.115. The van der Waals surface area contributed by atoms with Crippen LogP contribution in [-0.4, -0.2) is 22.6 Å². The van der Waals surface area contributed by atoms with E-state index in [1.807, 2.05) is 20.8 Å². The molecular weight excluding hydrogens is 322 g/mol. The summed E-state index contributed by atoms with van der Waals surface area (Å²) in [6.07, 6.45) is 0. The van der Waals surface area contributed by atoms with Crippen molar-refractivity contribution in [1.82, 2.24) is 4.98 Å². The SMILES string of the molecule is Cc1nc(NC(=O)c2c(C)oc(C)c2C)sc1SCC(N)=O. The molecule has 6 nitrogen and oxygen atoms in total. The summed E-state index contributed by atoms with van der Waals surface area (Å²) in [7, 11) is 0. The number of primary amides is 1. The molecule has 2 rings (SSSR count). The van der Waals surface area contributed by atoms with E-state index in [-0.39, 0.29) is 17.6 Å². The normalized spacial score (nSPS) is 10.7. The molecule has 2 amide bonds. The number of rotatable bonds is 5. The van der Waals surface area contributed by atoms with Crippen LogP contribution in [0.15, 0.2) is 8.63 Å².